The molecule has 0 aliphatic carbocycles. The molecule has 0 aromatic heterocycles. The zero-order valence-corrected chi connectivity index (χ0v) is 25.3. The van der Waals surface area contributed by atoms with E-state index in [9.17, 15) is 4.79 Å². The lowest BCUT2D eigenvalue weighted by molar-refractivity contribution is -0.129. The Kier molecular flexibility index (Phi) is 8.14. The Morgan fingerprint density at radius 1 is 0.969 bits per heavy atom. The Balaban J connectivity index is 1.56. The largest absolute Gasteiger partial charge is 0.487 e. The van der Waals surface area contributed by atoms with Crippen molar-refractivity contribution < 1.29 is 14.3 Å². The molecule has 0 N–H and O–H groups in total. The molecule has 0 saturated carbocycles. The van der Waals surface area contributed by atoms with Crippen LogP contribution >= 0.6 is 90.4 Å². The van der Waals surface area contributed by atoms with Crippen LogP contribution in [0.2, 0.25) is 0 Å². The summed E-state index contributed by atoms with van der Waals surface area (Å²) < 4.78 is 15.8. The molecule has 0 spiro atoms. The first-order valence-electron chi connectivity index (χ1n) is 9.45. The number of halogens is 4. The summed E-state index contributed by atoms with van der Waals surface area (Å²) in [6, 6.07) is 18.1. The quantitative estimate of drug-likeness (QED) is 0.153. The Hall–Kier alpha value is -0.740. The molecule has 0 atom stereocenters. The standard InChI is InChI=1S/C24H15I4NO3/c1-13-7-16(5-6-18(13)26)23-29-21(24(30)32-23)11-15-9-19(27)22(20(28)10-15)31-12-14-3-2-4-17(25)8-14/h2-11H,12H2,1H3/b21-11-. The summed E-state index contributed by atoms with van der Waals surface area (Å²) in [4.78, 5) is 16.8. The second-order valence-electron chi connectivity index (χ2n) is 7.03. The van der Waals surface area contributed by atoms with Crippen molar-refractivity contribution in [2.24, 2.45) is 4.99 Å². The molecule has 32 heavy (non-hydrogen) atoms. The minimum Gasteiger partial charge on any atom is -0.487 e. The molecule has 8 heteroatoms. The zero-order valence-electron chi connectivity index (χ0n) is 16.7. The normalized spacial score (nSPS) is 14.5. The van der Waals surface area contributed by atoms with E-state index in [0.717, 1.165) is 38.7 Å². The maximum absolute atomic E-state index is 12.4. The first-order chi connectivity index (χ1) is 15.3. The second-order valence-corrected chi connectivity index (χ2v) is 11.8. The van der Waals surface area contributed by atoms with Crippen molar-refractivity contribution >= 4 is 108 Å². The number of nitrogens with zero attached hydrogens (tertiary/aromatic N) is 1. The summed E-state index contributed by atoms with van der Waals surface area (Å²) in [6.07, 6.45) is 1.75. The summed E-state index contributed by atoms with van der Waals surface area (Å²) >= 11 is 9.09. The zero-order chi connectivity index (χ0) is 22.8. The van der Waals surface area contributed by atoms with Crippen LogP contribution in [0.4, 0.5) is 0 Å². The van der Waals surface area contributed by atoms with E-state index >= 15 is 0 Å². The van der Waals surface area contributed by atoms with E-state index in [-0.39, 0.29) is 5.70 Å². The molecule has 162 valence electrons. The maximum Gasteiger partial charge on any atom is 0.363 e. The summed E-state index contributed by atoms with van der Waals surface area (Å²) in [7, 11) is 0. The number of aryl methyl sites for hydroxylation is 1. The van der Waals surface area contributed by atoms with Gasteiger partial charge in [-0.25, -0.2) is 9.79 Å². The van der Waals surface area contributed by atoms with Gasteiger partial charge in [0.1, 0.15) is 12.4 Å². The third-order valence-electron chi connectivity index (χ3n) is 4.62. The Morgan fingerprint density at radius 3 is 2.41 bits per heavy atom. The van der Waals surface area contributed by atoms with Crippen molar-refractivity contribution in [3.8, 4) is 5.75 Å². The van der Waals surface area contributed by atoms with Gasteiger partial charge in [0, 0.05) is 12.7 Å². The fourth-order valence-corrected chi connectivity index (χ4v) is 6.12. The van der Waals surface area contributed by atoms with E-state index in [2.05, 4.69) is 114 Å². The number of esters is 1. The molecule has 1 heterocycles. The van der Waals surface area contributed by atoms with Crippen LogP contribution in [0.3, 0.4) is 0 Å². The Labute approximate surface area is 240 Å². The molecule has 4 rings (SSSR count). The number of hydrogen-bond donors (Lipinski definition) is 0. The number of benzene rings is 3. The monoisotopic (exact) mass is 873 g/mol. The van der Waals surface area contributed by atoms with Crippen LogP contribution < -0.4 is 4.74 Å². The number of carbonyl (C=O) groups is 1. The van der Waals surface area contributed by atoms with Crippen LogP contribution in [0.5, 0.6) is 5.75 Å². The van der Waals surface area contributed by atoms with E-state index < -0.39 is 5.97 Å². The minimum atomic E-state index is -0.444. The van der Waals surface area contributed by atoms with Gasteiger partial charge >= 0.3 is 5.97 Å². The van der Waals surface area contributed by atoms with Crippen molar-refractivity contribution in [3.63, 3.8) is 0 Å². The van der Waals surface area contributed by atoms with E-state index in [1.165, 1.54) is 3.57 Å². The van der Waals surface area contributed by atoms with Crippen LogP contribution in [-0.4, -0.2) is 11.9 Å². The van der Waals surface area contributed by atoms with Gasteiger partial charge in [-0.1, -0.05) is 12.1 Å². The molecule has 0 fully saturated rings. The number of carbonyl (C=O) groups excluding carboxylic acids is 1. The summed E-state index contributed by atoms with van der Waals surface area (Å²) in [5.41, 5.74) is 4.19. The third-order valence-corrected chi connectivity index (χ3v) is 8.11. The fraction of sp³-hybridized carbons (Fsp3) is 0.0833. The topological polar surface area (TPSA) is 47.9 Å². The van der Waals surface area contributed by atoms with Crippen LogP contribution in [0.1, 0.15) is 22.3 Å². The molecule has 0 amide bonds. The molecule has 0 unspecified atom stereocenters. The molecule has 3 aromatic rings. The van der Waals surface area contributed by atoms with Crippen LogP contribution in [0, 0.1) is 21.2 Å². The van der Waals surface area contributed by atoms with E-state index in [1.807, 2.05) is 43.3 Å². The van der Waals surface area contributed by atoms with Crippen LogP contribution in [0.15, 0.2) is 65.3 Å². The van der Waals surface area contributed by atoms with E-state index in [0.29, 0.717) is 12.5 Å². The number of aliphatic imine (C=N–C) groups is 1. The molecule has 1 aliphatic rings. The van der Waals surface area contributed by atoms with Crippen molar-refractivity contribution in [2.75, 3.05) is 0 Å². The predicted octanol–water partition coefficient (Wildman–Crippen LogP) is 7.34. The third kappa shape index (κ3) is 5.84. The first kappa shape index (κ1) is 24.4. The van der Waals surface area contributed by atoms with Gasteiger partial charge in [-0.2, -0.15) is 0 Å². The molecule has 0 radical (unpaired) electrons. The predicted molar refractivity (Wildman–Crippen MR) is 160 cm³/mol. The van der Waals surface area contributed by atoms with Crippen LogP contribution in [-0.2, 0) is 16.1 Å². The lowest BCUT2D eigenvalue weighted by Crippen LogP contribution is -2.05. The van der Waals surface area contributed by atoms with Crippen molar-refractivity contribution in [1.29, 1.82) is 0 Å². The molecule has 0 saturated heterocycles. The van der Waals surface area contributed by atoms with Crippen molar-refractivity contribution in [2.45, 2.75) is 13.5 Å². The van der Waals surface area contributed by atoms with E-state index in [1.54, 1.807) is 6.08 Å². The summed E-state index contributed by atoms with van der Waals surface area (Å²) in [5.74, 6) is 0.725. The maximum atomic E-state index is 12.4. The highest BCUT2D eigenvalue weighted by atomic mass is 127. The molecule has 1 aliphatic heterocycles. The molecule has 4 nitrogen and oxygen atoms in total. The highest BCUT2D eigenvalue weighted by Crippen LogP contribution is 2.31. The lowest BCUT2D eigenvalue weighted by atomic mass is 10.1. The summed E-state index contributed by atoms with van der Waals surface area (Å²) in [6.45, 7) is 2.52. The fourth-order valence-electron chi connectivity index (χ4n) is 3.05. The average Bonchev–Trinajstić information content (AvgIpc) is 3.10. The van der Waals surface area contributed by atoms with Gasteiger partial charge in [0.15, 0.2) is 5.70 Å². The van der Waals surface area contributed by atoms with Gasteiger partial charge in [0.2, 0.25) is 5.90 Å². The van der Waals surface area contributed by atoms with Gasteiger partial charge in [-0.3, -0.25) is 0 Å². The number of cyclic esters (lactones) is 1. The number of rotatable bonds is 5. The van der Waals surface area contributed by atoms with Gasteiger partial charge in [-0.15, -0.1) is 0 Å². The Bertz CT molecular complexity index is 1260. The smallest absolute Gasteiger partial charge is 0.363 e. The number of hydrogen-bond acceptors (Lipinski definition) is 4. The average molecular weight is 873 g/mol. The van der Waals surface area contributed by atoms with Crippen molar-refractivity contribution in [3.05, 3.63) is 96.8 Å². The summed E-state index contributed by atoms with van der Waals surface area (Å²) in [5, 5.41) is 0. The molecule has 0 bridgehead atoms. The molecule has 3 aromatic carbocycles. The van der Waals surface area contributed by atoms with Gasteiger partial charge in [0.05, 0.1) is 7.14 Å². The van der Waals surface area contributed by atoms with Gasteiger partial charge in [0.25, 0.3) is 0 Å². The second kappa shape index (κ2) is 10.7. The molecular formula is C24H15I4NO3. The lowest BCUT2D eigenvalue weighted by Gasteiger charge is -2.12. The van der Waals surface area contributed by atoms with Gasteiger partial charge < -0.3 is 9.47 Å². The first-order valence-corrected chi connectivity index (χ1v) is 13.8. The van der Waals surface area contributed by atoms with Gasteiger partial charge in [-0.05, 0) is 163 Å². The van der Waals surface area contributed by atoms with Crippen molar-refractivity contribution in [1.82, 2.24) is 0 Å². The SMILES string of the molecule is Cc1cc(C2=N/C(=C\c3cc(I)c(OCc4cccc(I)c4)c(I)c3)C(=O)O2)ccc1I. The number of ether oxygens (including phenoxy) is 2. The molecular weight excluding hydrogens is 858 g/mol. The van der Waals surface area contributed by atoms with Crippen LogP contribution in [0.25, 0.3) is 6.08 Å². The minimum absolute atomic E-state index is 0.287. The Morgan fingerprint density at radius 2 is 1.72 bits per heavy atom. The van der Waals surface area contributed by atoms with E-state index in [4.69, 9.17) is 9.47 Å². The highest BCUT2D eigenvalue weighted by Gasteiger charge is 2.24. The highest BCUT2D eigenvalue weighted by molar-refractivity contribution is 14.1.